The van der Waals surface area contributed by atoms with Gasteiger partial charge in [0.05, 0.1) is 17.0 Å². The van der Waals surface area contributed by atoms with Crippen molar-refractivity contribution < 1.29 is 4.79 Å². The first-order chi connectivity index (χ1) is 15.2. The Bertz CT molecular complexity index is 1070. The molecule has 1 amide bonds. The van der Waals surface area contributed by atoms with Gasteiger partial charge in [-0.1, -0.05) is 91.7 Å². The van der Waals surface area contributed by atoms with Crippen molar-refractivity contribution in [3.8, 4) is 28.5 Å². The van der Waals surface area contributed by atoms with Crippen LogP contribution in [-0.2, 0) is 4.79 Å². The minimum Gasteiger partial charge on any atom is -0.353 e. The van der Waals surface area contributed by atoms with E-state index in [1.54, 1.807) is 0 Å². The number of hydrogen-bond acceptors (Lipinski definition) is 4. The Labute approximate surface area is 187 Å². The summed E-state index contributed by atoms with van der Waals surface area (Å²) in [5, 5.41) is 13.7. The SMILES string of the molecule is N#Cc1c(-c2ccccc2)cc(-c2ccccc2)nc1SCC(=O)NC1CCCCC1. The molecule has 0 atom stereocenters. The molecule has 1 aromatic heterocycles. The zero-order valence-corrected chi connectivity index (χ0v) is 18.2. The van der Waals surface area contributed by atoms with Gasteiger partial charge in [-0.25, -0.2) is 4.98 Å². The van der Waals surface area contributed by atoms with Crippen LogP contribution in [0.2, 0.25) is 0 Å². The molecule has 1 N–H and O–H groups in total. The molecule has 0 radical (unpaired) electrons. The highest BCUT2D eigenvalue weighted by Gasteiger charge is 2.19. The molecule has 4 nitrogen and oxygen atoms in total. The van der Waals surface area contributed by atoms with Crippen LogP contribution in [0.3, 0.4) is 0 Å². The fraction of sp³-hybridized carbons (Fsp3) is 0.269. The minimum atomic E-state index is 0.00830. The first kappa shape index (κ1) is 21.1. The molecule has 0 aliphatic heterocycles. The minimum absolute atomic E-state index is 0.00830. The number of nitriles is 1. The highest BCUT2D eigenvalue weighted by molar-refractivity contribution is 8.00. The van der Waals surface area contributed by atoms with Crippen molar-refractivity contribution in [2.24, 2.45) is 0 Å². The van der Waals surface area contributed by atoms with Crippen LogP contribution in [0.1, 0.15) is 37.7 Å². The van der Waals surface area contributed by atoms with Gasteiger partial charge in [-0.15, -0.1) is 0 Å². The third-order valence-corrected chi connectivity index (χ3v) is 6.54. The Kier molecular flexibility index (Phi) is 7.01. The number of hydrogen-bond donors (Lipinski definition) is 1. The summed E-state index contributed by atoms with van der Waals surface area (Å²) in [6, 6.07) is 24.4. The molecular weight excluding hydrogens is 402 g/mol. The predicted octanol–water partition coefficient (Wildman–Crippen LogP) is 5.83. The number of carbonyl (C=O) groups excluding carboxylic acids is 1. The van der Waals surface area contributed by atoms with Crippen LogP contribution in [0, 0.1) is 11.3 Å². The van der Waals surface area contributed by atoms with E-state index in [0.29, 0.717) is 10.6 Å². The van der Waals surface area contributed by atoms with Crippen LogP contribution < -0.4 is 5.32 Å². The smallest absolute Gasteiger partial charge is 0.230 e. The summed E-state index contributed by atoms with van der Waals surface area (Å²) in [5.41, 5.74) is 4.10. The van der Waals surface area contributed by atoms with Gasteiger partial charge < -0.3 is 5.32 Å². The number of pyridine rings is 1. The molecule has 1 aliphatic rings. The first-order valence-corrected chi connectivity index (χ1v) is 11.7. The van der Waals surface area contributed by atoms with Crippen LogP contribution in [-0.4, -0.2) is 22.7 Å². The molecule has 0 saturated heterocycles. The first-order valence-electron chi connectivity index (χ1n) is 10.7. The monoisotopic (exact) mass is 427 g/mol. The fourth-order valence-corrected chi connectivity index (χ4v) is 4.80. The van der Waals surface area contributed by atoms with Crippen LogP contribution in [0.15, 0.2) is 71.8 Å². The molecule has 1 saturated carbocycles. The Hall–Kier alpha value is -3.10. The Balaban J connectivity index is 1.64. The van der Waals surface area contributed by atoms with Crippen molar-refractivity contribution in [2.75, 3.05) is 5.75 Å². The van der Waals surface area contributed by atoms with E-state index in [0.717, 1.165) is 35.2 Å². The van der Waals surface area contributed by atoms with E-state index in [4.69, 9.17) is 4.98 Å². The molecule has 4 rings (SSSR count). The maximum absolute atomic E-state index is 12.6. The number of rotatable bonds is 6. The second-order valence-electron chi connectivity index (χ2n) is 7.77. The number of carbonyl (C=O) groups is 1. The Morgan fingerprint density at radius 2 is 1.65 bits per heavy atom. The molecule has 0 unspecified atom stereocenters. The Morgan fingerprint density at radius 1 is 1.00 bits per heavy atom. The predicted molar refractivity (Wildman–Crippen MR) is 126 cm³/mol. The molecule has 5 heteroatoms. The highest BCUT2D eigenvalue weighted by atomic mass is 32.2. The molecule has 2 aromatic carbocycles. The molecule has 0 spiro atoms. The van der Waals surface area contributed by atoms with E-state index < -0.39 is 0 Å². The lowest BCUT2D eigenvalue weighted by Crippen LogP contribution is -2.37. The molecule has 1 fully saturated rings. The van der Waals surface area contributed by atoms with Crippen molar-refractivity contribution in [2.45, 2.75) is 43.2 Å². The van der Waals surface area contributed by atoms with Gasteiger partial charge in [-0.3, -0.25) is 4.79 Å². The average molecular weight is 428 g/mol. The molecule has 156 valence electrons. The van der Waals surface area contributed by atoms with Gasteiger partial charge in [0.15, 0.2) is 0 Å². The van der Waals surface area contributed by atoms with Gasteiger partial charge >= 0.3 is 0 Å². The quantitative estimate of drug-likeness (QED) is 0.503. The molecule has 1 aliphatic carbocycles. The van der Waals surface area contributed by atoms with Gasteiger partial charge in [0, 0.05) is 17.2 Å². The Morgan fingerprint density at radius 3 is 2.29 bits per heavy atom. The van der Waals surface area contributed by atoms with Crippen molar-refractivity contribution in [3.63, 3.8) is 0 Å². The molecular formula is C26H25N3OS. The summed E-state index contributed by atoms with van der Waals surface area (Å²) in [4.78, 5) is 17.3. The molecule has 31 heavy (non-hydrogen) atoms. The molecule has 1 heterocycles. The van der Waals surface area contributed by atoms with Crippen LogP contribution >= 0.6 is 11.8 Å². The van der Waals surface area contributed by atoms with Crippen LogP contribution in [0.25, 0.3) is 22.4 Å². The lowest BCUT2D eigenvalue weighted by molar-refractivity contribution is -0.119. The largest absolute Gasteiger partial charge is 0.353 e. The third kappa shape index (κ3) is 5.34. The van der Waals surface area contributed by atoms with E-state index >= 15 is 0 Å². The number of nitrogens with one attached hydrogen (secondary N) is 1. The lowest BCUT2D eigenvalue weighted by atomic mass is 9.95. The lowest BCUT2D eigenvalue weighted by Gasteiger charge is -2.22. The van der Waals surface area contributed by atoms with Crippen molar-refractivity contribution in [1.29, 1.82) is 5.26 Å². The van der Waals surface area contributed by atoms with Gasteiger partial charge in [-0.2, -0.15) is 5.26 Å². The number of aromatic nitrogens is 1. The van der Waals surface area contributed by atoms with Gasteiger partial charge in [0.25, 0.3) is 0 Å². The normalized spacial score (nSPS) is 14.0. The van der Waals surface area contributed by atoms with E-state index in [1.165, 1.54) is 31.0 Å². The van der Waals surface area contributed by atoms with E-state index in [2.05, 4.69) is 11.4 Å². The van der Waals surface area contributed by atoms with Crippen molar-refractivity contribution in [1.82, 2.24) is 10.3 Å². The summed E-state index contributed by atoms with van der Waals surface area (Å²) in [6.07, 6.45) is 5.72. The second kappa shape index (κ2) is 10.3. The number of thioether (sulfide) groups is 1. The van der Waals surface area contributed by atoms with Gasteiger partial charge in [0.2, 0.25) is 5.91 Å². The maximum Gasteiger partial charge on any atom is 0.230 e. The number of benzene rings is 2. The summed E-state index contributed by atoms with van der Waals surface area (Å²) in [7, 11) is 0. The van der Waals surface area contributed by atoms with Crippen molar-refractivity contribution >= 4 is 17.7 Å². The number of nitrogens with zero attached hydrogens (tertiary/aromatic N) is 2. The summed E-state index contributed by atoms with van der Waals surface area (Å²) in [5.74, 6) is 0.263. The van der Waals surface area contributed by atoms with E-state index in [9.17, 15) is 10.1 Å². The van der Waals surface area contributed by atoms with Crippen LogP contribution in [0.4, 0.5) is 0 Å². The average Bonchev–Trinajstić information content (AvgIpc) is 2.84. The second-order valence-corrected chi connectivity index (χ2v) is 8.73. The zero-order chi connectivity index (χ0) is 21.5. The summed E-state index contributed by atoms with van der Waals surface area (Å²) < 4.78 is 0. The van der Waals surface area contributed by atoms with Crippen molar-refractivity contribution in [3.05, 3.63) is 72.3 Å². The topological polar surface area (TPSA) is 65.8 Å². The number of amides is 1. The summed E-state index contributed by atoms with van der Waals surface area (Å²) >= 11 is 1.34. The van der Waals surface area contributed by atoms with E-state index in [-0.39, 0.29) is 17.7 Å². The fourth-order valence-electron chi connectivity index (χ4n) is 3.99. The van der Waals surface area contributed by atoms with Gasteiger partial charge in [0.1, 0.15) is 11.1 Å². The molecule has 0 bridgehead atoms. The summed E-state index contributed by atoms with van der Waals surface area (Å²) in [6.45, 7) is 0. The highest BCUT2D eigenvalue weighted by Crippen LogP contribution is 2.34. The third-order valence-electron chi connectivity index (χ3n) is 5.56. The zero-order valence-electron chi connectivity index (χ0n) is 17.4. The van der Waals surface area contributed by atoms with E-state index in [1.807, 2.05) is 66.7 Å². The maximum atomic E-state index is 12.6. The van der Waals surface area contributed by atoms with Gasteiger partial charge in [-0.05, 0) is 24.5 Å². The standard InChI is InChI=1S/C26H25N3OS/c27-17-23-22(19-10-4-1-5-11-19)16-24(20-12-6-2-7-13-20)29-26(23)31-18-25(30)28-21-14-8-3-9-15-21/h1-2,4-7,10-13,16,21H,3,8-9,14-15,18H2,(H,28,30). The van der Waals surface area contributed by atoms with Crippen LogP contribution in [0.5, 0.6) is 0 Å². The molecule has 3 aromatic rings.